The van der Waals surface area contributed by atoms with E-state index in [-0.39, 0.29) is 0 Å². The van der Waals surface area contributed by atoms with Gasteiger partial charge in [0.2, 0.25) is 0 Å². The summed E-state index contributed by atoms with van der Waals surface area (Å²) in [7, 11) is 2.32. The summed E-state index contributed by atoms with van der Waals surface area (Å²) in [6.07, 6.45) is 9.19. The molecular formula is C16H28N2. The highest BCUT2D eigenvalue weighted by Gasteiger charge is 2.50. The van der Waals surface area contributed by atoms with Crippen molar-refractivity contribution in [1.82, 2.24) is 10.2 Å². The van der Waals surface area contributed by atoms with Gasteiger partial charge in [0.25, 0.3) is 0 Å². The molecule has 4 aliphatic carbocycles. The van der Waals surface area contributed by atoms with E-state index in [4.69, 9.17) is 0 Å². The van der Waals surface area contributed by atoms with E-state index in [0.29, 0.717) is 0 Å². The van der Waals surface area contributed by atoms with Gasteiger partial charge in [0, 0.05) is 12.6 Å². The third-order valence-electron chi connectivity index (χ3n) is 6.40. The molecule has 0 radical (unpaired) electrons. The monoisotopic (exact) mass is 248 g/mol. The lowest BCUT2D eigenvalue weighted by Crippen LogP contribution is -2.55. The van der Waals surface area contributed by atoms with E-state index in [2.05, 4.69) is 17.3 Å². The molecule has 1 saturated heterocycles. The molecule has 102 valence electrons. The number of hydrogen-bond acceptors (Lipinski definition) is 2. The molecule has 0 aromatic rings. The number of rotatable bonds is 1. The molecule has 5 rings (SSSR count). The van der Waals surface area contributed by atoms with Crippen molar-refractivity contribution in [2.45, 2.75) is 44.6 Å². The van der Waals surface area contributed by atoms with Gasteiger partial charge in [0.05, 0.1) is 0 Å². The first-order valence-corrected chi connectivity index (χ1v) is 8.21. The highest BCUT2D eigenvalue weighted by atomic mass is 15.1. The van der Waals surface area contributed by atoms with Gasteiger partial charge in [-0.3, -0.25) is 0 Å². The third-order valence-corrected chi connectivity index (χ3v) is 6.40. The predicted molar refractivity (Wildman–Crippen MR) is 74.4 cm³/mol. The minimum Gasteiger partial charge on any atom is -0.312 e. The number of nitrogens with zero attached hydrogens (tertiary/aromatic N) is 1. The molecule has 2 nitrogen and oxygen atoms in total. The molecule has 0 aromatic carbocycles. The highest BCUT2D eigenvalue weighted by molar-refractivity contribution is 5.02. The second-order valence-electron chi connectivity index (χ2n) is 7.68. The molecule has 0 spiro atoms. The van der Waals surface area contributed by atoms with Crippen LogP contribution < -0.4 is 5.32 Å². The summed E-state index contributed by atoms with van der Waals surface area (Å²) in [5.74, 6) is 5.40. The van der Waals surface area contributed by atoms with E-state index in [9.17, 15) is 0 Å². The van der Waals surface area contributed by atoms with Crippen LogP contribution in [-0.2, 0) is 0 Å². The Morgan fingerprint density at radius 2 is 1.61 bits per heavy atom. The fourth-order valence-electron chi connectivity index (χ4n) is 6.01. The maximum atomic E-state index is 3.90. The van der Waals surface area contributed by atoms with Crippen molar-refractivity contribution in [2.24, 2.45) is 29.6 Å². The topological polar surface area (TPSA) is 15.3 Å². The summed E-state index contributed by atoms with van der Waals surface area (Å²) in [6, 6.07) is 0.799. The minimum atomic E-state index is 0.799. The van der Waals surface area contributed by atoms with Gasteiger partial charge in [-0.2, -0.15) is 0 Å². The molecule has 1 N–H and O–H groups in total. The lowest BCUT2D eigenvalue weighted by Gasteiger charge is -2.56. The SMILES string of the molecule is CN1CCCNC(C2C3CC4CC(C3)CC2C4)C1. The van der Waals surface area contributed by atoms with Crippen molar-refractivity contribution < 1.29 is 0 Å². The first-order valence-electron chi connectivity index (χ1n) is 8.21. The number of nitrogens with one attached hydrogen (secondary N) is 1. The Bertz CT molecular complexity index is 286. The average molecular weight is 248 g/mol. The molecule has 18 heavy (non-hydrogen) atoms. The molecule has 1 unspecified atom stereocenters. The molecular weight excluding hydrogens is 220 g/mol. The van der Waals surface area contributed by atoms with Crippen LogP contribution in [0.4, 0.5) is 0 Å². The van der Waals surface area contributed by atoms with E-state index in [1.54, 1.807) is 32.1 Å². The normalized spacial score (nSPS) is 52.5. The minimum absolute atomic E-state index is 0.799. The summed E-state index contributed by atoms with van der Waals surface area (Å²) in [4.78, 5) is 2.57. The largest absolute Gasteiger partial charge is 0.312 e. The van der Waals surface area contributed by atoms with Crippen LogP contribution in [0.5, 0.6) is 0 Å². The van der Waals surface area contributed by atoms with Gasteiger partial charge in [0.15, 0.2) is 0 Å². The Labute approximate surface area is 111 Å². The van der Waals surface area contributed by atoms with Crippen LogP contribution in [0.3, 0.4) is 0 Å². The Kier molecular flexibility index (Phi) is 2.92. The van der Waals surface area contributed by atoms with E-state index >= 15 is 0 Å². The second kappa shape index (κ2) is 4.49. The quantitative estimate of drug-likeness (QED) is 0.766. The van der Waals surface area contributed by atoms with E-state index in [1.807, 2.05) is 0 Å². The summed E-state index contributed by atoms with van der Waals surface area (Å²) in [5, 5.41) is 3.90. The van der Waals surface area contributed by atoms with Crippen LogP contribution in [0.15, 0.2) is 0 Å². The van der Waals surface area contributed by atoms with Crippen molar-refractivity contribution in [3.05, 3.63) is 0 Å². The van der Waals surface area contributed by atoms with Gasteiger partial charge < -0.3 is 10.2 Å². The van der Waals surface area contributed by atoms with E-state index in [0.717, 1.165) is 35.6 Å². The van der Waals surface area contributed by atoms with Gasteiger partial charge >= 0.3 is 0 Å². The third kappa shape index (κ3) is 1.92. The van der Waals surface area contributed by atoms with Gasteiger partial charge in [-0.15, -0.1) is 0 Å². The van der Waals surface area contributed by atoms with Gasteiger partial charge in [-0.25, -0.2) is 0 Å². The fraction of sp³-hybridized carbons (Fsp3) is 1.00. The fourth-order valence-corrected chi connectivity index (χ4v) is 6.01. The molecule has 2 heteroatoms. The smallest absolute Gasteiger partial charge is 0.0228 e. The maximum absolute atomic E-state index is 3.90. The first kappa shape index (κ1) is 11.7. The number of likely N-dealkylation sites (N-methyl/N-ethyl adjacent to an activating group) is 1. The van der Waals surface area contributed by atoms with Gasteiger partial charge in [-0.05, 0) is 88.3 Å². The predicted octanol–water partition coefficient (Wildman–Crippen LogP) is 2.35. The van der Waals surface area contributed by atoms with Gasteiger partial charge in [0.1, 0.15) is 0 Å². The van der Waals surface area contributed by atoms with Crippen molar-refractivity contribution in [2.75, 3.05) is 26.7 Å². The van der Waals surface area contributed by atoms with Crippen molar-refractivity contribution in [3.8, 4) is 0 Å². The molecule has 0 amide bonds. The van der Waals surface area contributed by atoms with E-state index < -0.39 is 0 Å². The second-order valence-corrected chi connectivity index (χ2v) is 7.68. The molecule has 1 heterocycles. The lowest BCUT2D eigenvalue weighted by molar-refractivity contribution is -0.0535. The summed E-state index contributed by atoms with van der Waals surface area (Å²) >= 11 is 0. The van der Waals surface area contributed by atoms with Crippen LogP contribution >= 0.6 is 0 Å². The van der Waals surface area contributed by atoms with Crippen molar-refractivity contribution in [3.63, 3.8) is 0 Å². The van der Waals surface area contributed by atoms with Crippen LogP contribution in [0, 0.1) is 29.6 Å². The van der Waals surface area contributed by atoms with Crippen molar-refractivity contribution in [1.29, 1.82) is 0 Å². The van der Waals surface area contributed by atoms with E-state index in [1.165, 1.54) is 26.1 Å². The molecule has 4 bridgehead atoms. The van der Waals surface area contributed by atoms with Gasteiger partial charge in [-0.1, -0.05) is 0 Å². The Hall–Kier alpha value is -0.0800. The summed E-state index contributed by atoms with van der Waals surface area (Å²) in [6.45, 7) is 3.83. The maximum Gasteiger partial charge on any atom is 0.0228 e. The number of hydrogen-bond donors (Lipinski definition) is 1. The molecule has 0 aromatic heterocycles. The average Bonchev–Trinajstić information content (AvgIpc) is 2.52. The molecule has 5 fully saturated rings. The zero-order valence-corrected chi connectivity index (χ0v) is 11.8. The standard InChI is InChI=1S/C16H28N2/c1-18-4-2-3-17-15(10-18)16-13-6-11-5-12(8-13)9-14(16)7-11/h11-17H,2-10H2,1H3. The van der Waals surface area contributed by atoms with Crippen molar-refractivity contribution >= 4 is 0 Å². The summed E-state index contributed by atoms with van der Waals surface area (Å²) < 4.78 is 0. The molecule has 5 aliphatic rings. The highest BCUT2D eigenvalue weighted by Crippen LogP contribution is 2.57. The molecule has 4 saturated carbocycles. The van der Waals surface area contributed by atoms with Crippen LogP contribution in [0.25, 0.3) is 0 Å². The lowest BCUT2D eigenvalue weighted by atomic mass is 9.50. The Morgan fingerprint density at radius 1 is 0.944 bits per heavy atom. The summed E-state index contributed by atoms with van der Waals surface area (Å²) in [5.41, 5.74) is 0. The molecule has 1 atom stereocenters. The zero-order chi connectivity index (χ0) is 12.1. The van der Waals surface area contributed by atoms with Crippen LogP contribution in [0.1, 0.15) is 38.5 Å². The zero-order valence-electron chi connectivity index (χ0n) is 11.8. The van der Waals surface area contributed by atoms with Crippen LogP contribution in [-0.4, -0.2) is 37.6 Å². The van der Waals surface area contributed by atoms with Crippen LogP contribution in [0.2, 0.25) is 0 Å². The Balaban J connectivity index is 1.53. The Morgan fingerprint density at radius 3 is 2.28 bits per heavy atom. The first-order chi connectivity index (χ1) is 8.79. The molecule has 1 aliphatic heterocycles.